The normalized spacial score (nSPS) is 14.3. The van der Waals surface area contributed by atoms with Crippen LogP contribution in [0.1, 0.15) is 71.1 Å². The van der Waals surface area contributed by atoms with E-state index < -0.39 is 6.23 Å². The van der Waals surface area contributed by atoms with E-state index in [2.05, 4.69) is 6.92 Å². The van der Waals surface area contributed by atoms with Crippen molar-refractivity contribution in [1.82, 2.24) is 0 Å². The lowest BCUT2D eigenvalue weighted by Crippen LogP contribution is -2.40. The molecular weight excluding hydrogens is 266 g/mol. The minimum atomic E-state index is -0.414. The van der Waals surface area contributed by atoms with Gasteiger partial charge in [0, 0.05) is 20.8 Å². The van der Waals surface area contributed by atoms with Crippen molar-refractivity contribution in [3.8, 4) is 0 Å². The summed E-state index contributed by atoms with van der Waals surface area (Å²) in [7, 11) is 3.21. The molecule has 0 heterocycles. The lowest BCUT2D eigenvalue weighted by Gasteiger charge is -2.20. The number of ether oxygens (including phenoxy) is 3. The van der Waals surface area contributed by atoms with E-state index in [0.717, 1.165) is 13.0 Å². The largest absolute Gasteiger partial charge is 0.379 e. The van der Waals surface area contributed by atoms with E-state index in [4.69, 9.17) is 19.9 Å². The van der Waals surface area contributed by atoms with Crippen molar-refractivity contribution in [3.63, 3.8) is 0 Å². The zero-order chi connectivity index (χ0) is 15.8. The first-order chi connectivity index (χ1) is 10.3. The molecule has 0 saturated heterocycles. The molecule has 0 saturated carbocycles. The van der Waals surface area contributed by atoms with Crippen molar-refractivity contribution in [2.24, 2.45) is 5.73 Å². The van der Waals surface area contributed by atoms with Crippen LogP contribution in [0.25, 0.3) is 0 Å². The van der Waals surface area contributed by atoms with Gasteiger partial charge in [-0.1, -0.05) is 64.7 Å². The van der Waals surface area contributed by atoms with Crippen LogP contribution in [0.3, 0.4) is 0 Å². The van der Waals surface area contributed by atoms with Crippen LogP contribution in [-0.2, 0) is 14.2 Å². The second-order valence-corrected chi connectivity index (χ2v) is 5.73. The third kappa shape index (κ3) is 13.2. The molecule has 0 rings (SSSR count). The van der Waals surface area contributed by atoms with E-state index in [1.54, 1.807) is 14.2 Å². The SMILES string of the molecule is CCCCCCCCCCCCOCC(OC)C(N)OC. The van der Waals surface area contributed by atoms with Gasteiger partial charge in [-0.3, -0.25) is 0 Å². The first-order valence-corrected chi connectivity index (χ1v) is 8.65. The maximum absolute atomic E-state index is 5.74. The summed E-state index contributed by atoms with van der Waals surface area (Å²) < 4.78 is 15.9. The van der Waals surface area contributed by atoms with Gasteiger partial charge in [-0.25, -0.2) is 0 Å². The maximum atomic E-state index is 5.74. The topological polar surface area (TPSA) is 53.7 Å². The Hall–Kier alpha value is -0.160. The maximum Gasteiger partial charge on any atom is 0.134 e. The van der Waals surface area contributed by atoms with E-state index in [-0.39, 0.29) is 6.10 Å². The van der Waals surface area contributed by atoms with E-state index in [9.17, 15) is 0 Å². The van der Waals surface area contributed by atoms with E-state index >= 15 is 0 Å². The number of hydrogen-bond acceptors (Lipinski definition) is 4. The fraction of sp³-hybridized carbons (Fsp3) is 1.00. The van der Waals surface area contributed by atoms with Gasteiger partial charge in [0.05, 0.1) is 6.61 Å². The van der Waals surface area contributed by atoms with Gasteiger partial charge in [0.15, 0.2) is 0 Å². The number of methoxy groups -OCH3 is 2. The highest BCUT2D eigenvalue weighted by Crippen LogP contribution is 2.10. The molecule has 0 radical (unpaired) electrons. The average molecular weight is 303 g/mol. The van der Waals surface area contributed by atoms with Crippen LogP contribution < -0.4 is 5.73 Å². The Kier molecular flexibility index (Phi) is 16.1. The van der Waals surface area contributed by atoms with E-state index in [0.29, 0.717) is 6.61 Å². The minimum absolute atomic E-state index is 0.182. The molecule has 4 heteroatoms. The quantitative estimate of drug-likeness (QED) is 0.347. The Morgan fingerprint density at radius 3 is 1.76 bits per heavy atom. The minimum Gasteiger partial charge on any atom is -0.379 e. The van der Waals surface area contributed by atoms with Gasteiger partial charge < -0.3 is 19.9 Å². The molecule has 0 aliphatic rings. The molecule has 0 spiro atoms. The Morgan fingerprint density at radius 2 is 1.29 bits per heavy atom. The molecule has 0 aliphatic heterocycles. The summed E-state index contributed by atoms with van der Waals surface area (Å²) in [5, 5.41) is 0. The molecule has 21 heavy (non-hydrogen) atoms. The Labute approximate surface area is 131 Å². The molecule has 0 amide bonds. The average Bonchev–Trinajstić information content (AvgIpc) is 2.51. The summed E-state index contributed by atoms with van der Waals surface area (Å²) in [5.41, 5.74) is 5.74. The van der Waals surface area contributed by atoms with Crippen LogP contribution in [0.4, 0.5) is 0 Å². The predicted octanol–water partition coefficient (Wildman–Crippen LogP) is 3.87. The zero-order valence-electron chi connectivity index (χ0n) is 14.4. The van der Waals surface area contributed by atoms with Crippen molar-refractivity contribution >= 4 is 0 Å². The van der Waals surface area contributed by atoms with Gasteiger partial charge in [0.25, 0.3) is 0 Å². The molecule has 0 aliphatic carbocycles. The van der Waals surface area contributed by atoms with Crippen molar-refractivity contribution < 1.29 is 14.2 Å². The van der Waals surface area contributed by atoms with E-state index in [1.807, 2.05) is 0 Å². The monoisotopic (exact) mass is 303 g/mol. The lowest BCUT2D eigenvalue weighted by molar-refractivity contribution is -0.0732. The molecule has 2 atom stereocenters. The lowest BCUT2D eigenvalue weighted by atomic mass is 10.1. The van der Waals surface area contributed by atoms with Crippen LogP contribution in [-0.4, -0.2) is 39.8 Å². The molecule has 4 nitrogen and oxygen atoms in total. The number of nitrogens with two attached hydrogens (primary N) is 1. The molecule has 128 valence electrons. The Morgan fingerprint density at radius 1 is 0.762 bits per heavy atom. The van der Waals surface area contributed by atoms with Gasteiger partial charge >= 0.3 is 0 Å². The zero-order valence-corrected chi connectivity index (χ0v) is 14.4. The smallest absolute Gasteiger partial charge is 0.134 e. The summed E-state index contributed by atoms with van der Waals surface area (Å²) in [6.45, 7) is 3.55. The third-order valence-corrected chi connectivity index (χ3v) is 3.87. The van der Waals surface area contributed by atoms with Gasteiger partial charge in [-0.2, -0.15) is 0 Å². The fourth-order valence-electron chi connectivity index (χ4n) is 2.34. The van der Waals surface area contributed by atoms with Crippen molar-refractivity contribution in [1.29, 1.82) is 0 Å². The van der Waals surface area contributed by atoms with Crippen molar-refractivity contribution in [2.75, 3.05) is 27.4 Å². The highest BCUT2D eigenvalue weighted by Gasteiger charge is 2.16. The molecule has 0 aromatic heterocycles. The highest BCUT2D eigenvalue weighted by atomic mass is 16.6. The molecular formula is C17H37NO3. The summed E-state index contributed by atoms with van der Waals surface area (Å²) >= 11 is 0. The van der Waals surface area contributed by atoms with Crippen molar-refractivity contribution in [2.45, 2.75) is 83.5 Å². The van der Waals surface area contributed by atoms with Gasteiger partial charge in [0.1, 0.15) is 12.3 Å². The molecule has 0 aromatic carbocycles. The third-order valence-electron chi connectivity index (χ3n) is 3.87. The van der Waals surface area contributed by atoms with Crippen LogP contribution in [0, 0.1) is 0 Å². The summed E-state index contributed by atoms with van der Waals surface area (Å²) in [6, 6.07) is 0. The first kappa shape index (κ1) is 20.8. The molecule has 2 unspecified atom stereocenters. The summed E-state index contributed by atoms with van der Waals surface area (Å²) in [5.74, 6) is 0. The molecule has 0 fully saturated rings. The summed E-state index contributed by atoms with van der Waals surface area (Å²) in [6.07, 6.45) is 12.8. The van der Waals surface area contributed by atoms with Crippen LogP contribution in [0.15, 0.2) is 0 Å². The molecule has 0 bridgehead atoms. The fourth-order valence-corrected chi connectivity index (χ4v) is 2.34. The highest BCUT2D eigenvalue weighted by molar-refractivity contribution is 4.63. The number of rotatable bonds is 16. The standard InChI is InChI=1S/C17H37NO3/c1-4-5-6-7-8-9-10-11-12-13-14-21-15-16(19-2)17(18)20-3/h16-17H,4-15,18H2,1-3H3. The van der Waals surface area contributed by atoms with Gasteiger partial charge in [-0.15, -0.1) is 0 Å². The van der Waals surface area contributed by atoms with Crippen LogP contribution in [0.2, 0.25) is 0 Å². The first-order valence-electron chi connectivity index (χ1n) is 8.65. The van der Waals surface area contributed by atoms with Crippen LogP contribution in [0.5, 0.6) is 0 Å². The second kappa shape index (κ2) is 16.2. The predicted molar refractivity (Wildman–Crippen MR) is 88.4 cm³/mol. The number of unbranched alkanes of at least 4 members (excludes halogenated alkanes) is 9. The molecule has 2 N–H and O–H groups in total. The van der Waals surface area contributed by atoms with E-state index in [1.165, 1.54) is 57.8 Å². The second-order valence-electron chi connectivity index (χ2n) is 5.73. The Balaban J connectivity index is 3.21. The van der Waals surface area contributed by atoms with Gasteiger partial charge in [0.2, 0.25) is 0 Å². The van der Waals surface area contributed by atoms with Gasteiger partial charge in [-0.05, 0) is 6.42 Å². The Bertz CT molecular complexity index is 202. The molecule has 0 aromatic rings. The number of hydrogen-bond donors (Lipinski definition) is 1. The van der Waals surface area contributed by atoms with Crippen molar-refractivity contribution in [3.05, 3.63) is 0 Å². The van der Waals surface area contributed by atoms with Crippen LogP contribution >= 0.6 is 0 Å². The summed E-state index contributed by atoms with van der Waals surface area (Å²) in [4.78, 5) is 0.